The van der Waals surface area contributed by atoms with Crippen LogP contribution in [0.2, 0.25) is 0 Å². The van der Waals surface area contributed by atoms with Crippen LogP contribution in [0.1, 0.15) is 24.9 Å². The van der Waals surface area contributed by atoms with Gasteiger partial charge in [0.15, 0.2) is 0 Å². The maximum absolute atomic E-state index is 12.5. The molecule has 1 amide bonds. The second-order valence-electron chi connectivity index (χ2n) is 5.18. The van der Waals surface area contributed by atoms with E-state index in [1.54, 1.807) is 12.0 Å². The van der Waals surface area contributed by atoms with Crippen LogP contribution >= 0.6 is 0 Å². The molecular weight excluding hydrogens is 261 g/mol. The van der Waals surface area contributed by atoms with Crippen LogP contribution in [0.4, 0.5) is 4.39 Å². The highest BCUT2D eigenvalue weighted by Gasteiger charge is 2.36. The molecular formula is C15H20FNO3. The maximum Gasteiger partial charge on any atom is 0.223 e. The number of hydrogen-bond donors (Lipinski definition) is 1. The zero-order chi connectivity index (χ0) is 14.7. The Bertz CT molecular complexity index is 463. The number of carbonyl (C=O) groups is 1. The van der Waals surface area contributed by atoms with Gasteiger partial charge < -0.3 is 14.7 Å². The fraction of sp³-hybridized carbons (Fsp3) is 0.533. The Balaban J connectivity index is 2.08. The van der Waals surface area contributed by atoms with Gasteiger partial charge in [-0.3, -0.25) is 4.79 Å². The molecule has 1 aromatic carbocycles. The van der Waals surface area contributed by atoms with Crippen LogP contribution in [0.25, 0.3) is 0 Å². The highest BCUT2D eigenvalue weighted by molar-refractivity contribution is 5.79. The molecule has 1 fully saturated rings. The molecule has 0 spiro atoms. The number of aliphatic hydroxyl groups is 1. The zero-order valence-electron chi connectivity index (χ0n) is 11.8. The normalized spacial score (nSPS) is 21.9. The lowest BCUT2D eigenvalue weighted by molar-refractivity contribution is -0.129. The van der Waals surface area contributed by atoms with Crippen LogP contribution in [0.5, 0.6) is 5.75 Å². The Morgan fingerprint density at radius 3 is 2.65 bits per heavy atom. The van der Waals surface area contributed by atoms with E-state index < -0.39 is 12.8 Å². The van der Waals surface area contributed by atoms with Crippen molar-refractivity contribution in [2.45, 2.75) is 25.5 Å². The molecule has 1 unspecified atom stereocenters. The van der Waals surface area contributed by atoms with Gasteiger partial charge in [-0.05, 0) is 24.6 Å². The molecule has 0 bridgehead atoms. The molecule has 1 saturated heterocycles. The van der Waals surface area contributed by atoms with Crippen LogP contribution in [-0.4, -0.2) is 42.3 Å². The number of halogens is 1. The summed E-state index contributed by atoms with van der Waals surface area (Å²) in [7, 11) is 1.60. The van der Waals surface area contributed by atoms with Gasteiger partial charge in [-0.25, -0.2) is 4.39 Å². The van der Waals surface area contributed by atoms with Gasteiger partial charge in [-0.1, -0.05) is 12.1 Å². The number of nitrogens with zero attached hydrogens (tertiary/aromatic N) is 1. The van der Waals surface area contributed by atoms with Crippen LogP contribution < -0.4 is 4.74 Å². The Morgan fingerprint density at radius 2 is 2.10 bits per heavy atom. The minimum Gasteiger partial charge on any atom is -0.497 e. The molecule has 0 aromatic heterocycles. The van der Waals surface area contributed by atoms with Crippen LogP contribution in [0, 0.1) is 5.92 Å². The summed E-state index contributed by atoms with van der Waals surface area (Å²) in [5.74, 6) is 0.415. The molecule has 1 aliphatic heterocycles. The molecule has 110 valence electrons. The predicted molar refractivity (Wildman–Crippen MR) is 73.2 cm³/mol. The number of carbonyl (C=O) groups excluding carboxylic acids is 1. The molecule has 20 heavy (non-hydrogen) atoms. The first-order valence-corrected chi connectivity index (χ1v) is 6.74. The van der Waals surface area contributed by atoms with E-state index in [0.717, 1.165) is 11.3 Å². The van der Waals surface area contributed by atoms with Gasteiger partial charge in [-0.2, -0.15) is 0 Å². The molecule has 1 N–H and O–H groups in total. The topological polar surface area (TPSA) is 49.8 Å². The first kappa shape index (κ1) is 14.8. The van der Waals surface area contributed by atoms with E-state index in [1.807, 2.05) is 31.2 Å². The fourth-order valence-electron chi connectivity index (χ4n) is 2.58. The second-order valence-corrected chi connectivity index (χ2v) is 5.18. The van der Waals surface area contributed by atoms with Gasteiger partial charge >= 0.3 is 0 Å². The smallest absolute Gasteiger partial charge is 0.223 e. The maximum atomic E-state index is 12.5. The lowest BCUT2D eigenvalue weighted by atomic mass is 10.0. The monoisotopic (exact) mass is 281 g/mol. The van der Waals surface area contributed by atoms with Gasteiger partial charge in [0.05, 0.1) is 19.3 Å². The predicted octanol–water partition coefficient (Wildman–Crippen LogP) is 1.94. The number of benzene rings is 1. The summed E-state index contributed by atoms with van der Waals surface area (Å²) in [6, 6.07) is 7.43. The summed E-state index contributed by atoms with van der Waals surface area (Å²) in [4.78, 5) is 13.7. The third-order valence-electron chi connectivity index (χ3n) is 3.96. The van der Waals surface area contributed by atoms with Crippen molar-refractivity contribution < 1.29 is 19.0 Å². The summed E-state index contributed by atoms with van der Waals surface area (Å²) in [5.41, 5.74) is 0.995. The van der Waals surface area contributed by atoms with Gasteiger partial charge in [0.2, 0.25) is 5.91 Å². The number of likely N-dealkylation sites (tertiary alicyclic amines) is 1. The summed E-state index contributed by atoms with van der Waals surface area (Å²) in [6.07, 6.45) is -0.835. The quantitative estimate of drug-likeness (QED) is 0.897. The standard InChI is InChI=1S/C15H20FNO3/c1-10(11-3-5-13(20-2)6-4-11)17-9-12(7-15(17)19)14(18)8-16/h3-6,10,12,14,18H,7-9H2,1-2H3/t10-,12?,14-/m1/s1. The highest BCUT2D eigenvalue weighted by atomic mass is 19.1. The summed E-state index contributed by atoms with van der Waals surface area (Å²) >= 11 is 0. The molecule has 0 saturated carbocycles. The van der Waals surface area contributed by atoms with Crippen LogP contribution in [0.3, 0.4) is 0 Å². The number of alkyl halides is 1. The fourth-order valence-corrected chi connectivity index (χ4v) is 2.58. The summed E-state index contributed by atoms with van der Waals surface area (Å²) in [6.45, 7) is 1.53. The lowest BCUT2D eigenvalue weighted by Crippen LogP contribution is -2.30. The molecule has 2 rings (SSSR count). The number of amides is 1. The van der Waals surface area contributed by atoms with E-state index in [0.29, 0.717) is 6.54 Å². The van der Waals surface area contributed by atoms with E-state index in [4.69, 9.17) is 4.74 Å². The van der Waals surface area contributed by atoms with E-state index in [1.165, 1.54) is 0 Å². The number of aliphatic hydroxyl groups excluding tert-OH is 1. The number of rotatable bonds is 5. The molecule has 1 aromatic rings. The first-order valence-electron chi connectivity index (χ1n) is 6.74. The van der Waals surface area contributed by atoms with Gasteiger partial charge in [-0.15, -0.1) is 0 Å². The summed E-state index contributed by atoms with van der Waals surface area (Å²) in [5, 5.41) is 9.54. The lowest BCUT2D eigenvalue weighted by Gasteiger charge is -2.26. The second kappa shape index (κ2) is 6.22. The van der Waals surface area contributed by atoms with Crippen molar-refractivity contribution in [2.24, 2.45) is 5.92 Å². The Morgan fingerprint density at radius 1 is 1.45 bits per heavy atom. The van der Waals surface area contributed by atoms with Crippen molar-refractivity contribution in [3.05, 3.63) is 29.8 Å². The minimum atomic E-state index is -1.05. The molecule has 4 nitrogen and oxygen atoms in total. The van der Waals surface area contributed by atoms with Crippen molar-refractivity contribution >= 4 is 5.91 Å². The summed E-state index contributed by atoms with van der Waals surface area (Å²) < 4.78 is 17.6. The van der Waals surface area contributed by atoms with E-state index in [-0.39, 0.29) is 24.3 Å². The third-order valence-corrected chi connectivity index (χ3v) is 3.96. The number of hydrogen-bond acceptors (Lipinski definition) is 3. The van der Waals surface area contributed by atoms with E-state index in [2.05, 4.69) is 0 Å². The van der Waals surface area contributed by atoms with Crippen molar-refractivity contribution in [3.63, 3.8) is 0 Å². The van der Waals surface area contributed by atoms with E-state index in [9.17, 15) is 14.3 Å². The van der Waals surface area contributed by atoms with E-state index >= 15 is 0 Å². The molecule has 0 radical (unpaired) electrons. The first-order chi connectivity index (χ1) is 9.56. The van der Waals surface area contributed by atoms with Gasteiger partial charge in [0.1, 0.15) is 12.4 Å². The highest BCUT2D eigenvalue weighted by Crippen LogP contribution is 2.30. The van der Waals surface area contributed by atoms with Gasteiger partial charge in [0, 0.05) is 18.9 Å². The Labute approximate surface area is 118 Å². The zero-order valence-corrected chi connectivity index (χ0v) is 11.8. The third kappa shape index (κ3) is 2.93. The number of methoxy groups -OCH3 is 1. The average Bonchev–Trinajstić information content (AvgIpc) is 2.87. The molecule has 1 heterocycles. The minimum absolute atomic E-state index is 0.0363. The molecule has 0 aliphatic carbocycles. The molecule has 3 atom stereocenters. The Hall–Kier alpha value is -1.62. The van der Waals surface area contributed by atoms with Crippen molar-refractivity contribution in [1.29, 1.82) is 0 Å². The van der Waals surface area contributed by atoms with Crippen molar-refractivity contribution in [1.82, 2.24) is 4.90 Å². The molecule has 5 heteroatoms. The SMILES string of the molecule is COc1ccc([C@@H](C)N2CC([C@H](O)CF)CC2=O)cc1. The van der Waals surface area contributed by atoms with Crippen molar-refractivity contribution in [2.75, 3.05) is 20.3 Å². The van der Waals surface area contributed by atoms with Crippen molar-refractivity contribution in [3.8, 4) is 5.75 Å². The molecule has 1 aliphatic rings. The van der Waals surface area contributed by atoms with Crippen LogP contribution in [0.15, 0.2) is 24.3 Å². The van der Waals surface area contributed by atoms with Gasteiger partial charge in [0.25, 0.3) is 0 Å². The van der Waals surface area contributed by atoms with Crippen LogP contribution in [-0.2, 0) is 4.79 Å². The largest absolute Gasteiger partial charge is 0.497 e. The average molecular weight is 281 g/mol. The Kier molecular flexibility index (Phi) is 4.60. The number of ether oxygens (including phenoxy) is 1.